The average molecular weight is 355 g/mol. The molecule has 4 nitrogen and oxygen atoms in total. The van der Waals surface area contributed by atoms with Gasteiger partial charge in [-0.15, -0.1) is 0 Å². The van der Waals surface area contributed by atoms with Crippen molar-refractivity contribution in [2.24, 2.45) is 5.92 Å². The van der Waals surface area contributed by atoms with Crippen molar-refractivity contribution in [1.82, 2.24) is 0 Å². The molecule has 2 aromatic rings. The predicted molar refractivity (Wildman–Crippen MR) is 93.9 cm³/mol. The summed E-state index contributed by atoms with van der Waals surface area (Å²) < 4.78 is 11.1. The van der Waals surface area contributed by atoms with Crippen LogP contribution in [0.2, 0.25) is 5.02 Å². The molecule has 126 valence electrons. The molecule has 0 amide bonds. The van der Waals surface area contributed by atoms with Crippen molar-refractivity contribution in [3.8, 4) is 11.5 Å². The number of hydrogen-bond acceptors (Lipinski definition) is 4. The normalized spacial score (nSPS) is 17.4. The van der Waals surface area contributed by atoms with Gasteiger partial charge >= 0.3 is 5.97 Å². The van der Waals surface area contributed by atoms with Crippen LogP contribution in [0.4, 0.5) is 0 Å². The lowest BCUT2D eigenvalue weighted by atomic mass is 10.0. The molecule has 0 saturated heterocycles. The number of allylic oxidation sites excluding steroid dienone is 1. The number of ether oxygens (including phenoxy) is 2. The fourth-order valence-corrected chi connectivity index (χ4v) is 2.98. The van der Waals surface area contributed by atoms with E-state index in [0.717, 1.165) is 12.8 Å². The van der Waals surface area contributed by atoms with Crippen LogP contribution < -0.4 is 9.47 Å². The first-order valence-electron chi connectivity index (χ1n) is 8.08. The Morgan fingerprint density at radius 1 is 1.28 bits per heavy atom. The Labute approximate surface area is 150 Å². The zero-order valence-corrected chi connectivity index (χ0v) is 14.3. The minimum absolute atomic E-state index is 0.00629. The minimum atomic E-state index is -0.226. The maximum absolute atomic E-state index is 12.6. The molecule has 25 heavy (non-hydrogen) atoms. The van der Waals surface area contributed by atoms with E-state index >= 15 is 0 Å². The third kappa shape index (κ3) is 3.05. The summed E-state index contributed by atoms with van der Waals surface area (Å²) in [5.74, 6) is 0.591. The first-order valence-corrected chi connectivity index (χ1v) is 8.46. The Morgan fingerprint density at radius 3 is 2.76 bits per heavy atom. The van der Waals surface area contributed by atoms with Crippen LogP contribution in [0.3, 0.4) is 0 Å². The monoisotopic (exact) mass is 354 g/mol. The molecule has 0 unspecified atom stereocenters. The summed E-state index contributed by atoms with van der Waals surface area (Å²) in [5, 5.41) is 0.540. The lowest BCUT2D eigenvalue weighted by Gasteiger charge is -2.07. The number of halogens is 1. The van der Waals surface area contributed by atoms with Crippen molar-refractivity contribution < 1.29 is 19.1 Å². The van der Waals surface area contributed by atoms with E-state index in [9.17, 15) is 9.59 Å². The molecule has 0 radical (unpaired) electrons. The SMILES string of the molecule is Cc1cc(OC(=O)C2CC2)cc2c1C(=O)/C(=C/c1ccccc1Cl)O2. The maximum Gasteiger partial charge on any atom is 0.314 e. The number of aryl methyl sites for hydroxylation is 1. The van der Waals surface area contributed by atoms with Crippen LogP contribution in [0.1, 0.15) is 34.3 Å². The third-order valence-corrected chi connectivity index (χ3v) is 4.61. The van der Waals surface area contributed by atoms with Crippen LogP contribution >= 0.6 is 11.6 Å². The van der Waals surface area contributed by atoms with E-state index in [1.165, 1.54) is 0 Å². The van der Waals surface area contributed by atoms with E-state index < -0.39 is 0 Å². The lowest BCUT2D eigenvalue weighted by Crippen LogP contribution is -2.10. The number of Topliss-reactive ketones (excluding diaryl/α,β-unsaturated/α-hetero) is 1. The largest absolute Gasteiger partial charge is 0.452 e. The maximum atomic E-state index is 12.6. The van der Waals surface area contributed by atoms with Gasteiger partial charge in [-0.3, -0.25) is 9.59 Å². The molecule has 0 spiro atoms. The van der Waals surface area contributed by atoms with E-state index in [4.69, 9.17) is 21.1 Å². The Morgan fingerprint density at radius 2 is 2.04 bits per heavy atom. The predicted octanol–water partition coefficient (Wildman–Crippen LogP) is 4.58. The molecule has 1 aliphatic carbocycles. The van der Waals surface area contributed by atoms with E-state index in [0.29, 0.717) is 33.2 Å². The molecule has 5 heteroatoms. The molecule has 0 N–H and O–H groups in total. The number of fused-ring (bicyclic) bond motifs is 1. The van der Waals surface area contributed by atoms with Gasteiger partial charge in [0.15, 0.2) is 5.76 Å². The van der Waals surface area contributed by atoms with Gasteiger partial charge in [-0.1, -0.05) is 29.8 Å². The number of hydrogen-bond donors (Lipinski definition) is 0. The highest BCUT2D eigenvalue weighted by molar-refractivity contribution is 6.32. The smallest absolute Gasteiger partial charge is 0.314 e. The van der Waals surface area contributed by atoms with Crippen molar-refractivity contribution in [3.05, 3.63) is 63.9 Å². The van der Waals surface area contributed by atoms with Crippen molar-refractivity contribution >= 4 is 29.4 Å². The van der Waals surface area contributed by atoms with Gasteiger partial charge in [0, 0.05) is 11.1 Å². The van der Waals surface area contributed by atoms with Crippen molar-refractivity contribution in [3.63, 3.8) is 0 Å². The Balaban J connectivity index is 1.65. The van der Waals surface area contributed by atoms with E-state index in [1.807, 2.05) is 18.2 Å². The van der Waals surface area contributed by atoms with E-state index in [-0.39, 0.29) is 23.4 Å². The van der Waals surface area contributed by atoms with Gasteiger partial charge in [0.1, 0.15) is 11.5 Å². The summed E-state index contributed by atoms with van der Waals surface area (Å²) in [4.78, 5) is 24.5. The number of ketones is 1. The van der Waals surface area contributed by atoms with Gasteiger partial charge in [-0.25, -0.2) is 0 Å². The first-order chi connectivity index (χ1) is 12.0. The molecule has 0 atom stereocenters. The zero-order chi connectivity index (χ0) is 17.6. The van der Waals surface area contributed by atoms with Crippen LogP contribution in [-0.2, 0) is 4.79 Å². The topological polar surface area (TPSA) is 52.6 Å². The summed E-state index contributed by atoms with van der Waals surface area (Å²) >= 11 is 6.14. The van der Waals surface area contributed by atoms with Gasteiger partial charge in [0.2, 0.25) is 5.78 Å². The van der Waals surface area contributed by atoms with Crippen molar-refractivity contribution in [1.29, 1.82) is 0 Å². The average Bonchev–Trinajstić information content (AvgIpc) is 3.36. The molecule has 2 aromatic carbocycles. The van der Waals surface area contributed by atoms with Gasteiger partial charge in [0.25, 0.3) is 0 Å². The van der Waals surface area contributed by atoms with E-state index in [1.54, 1.807) is 31.2 Å². The van der Waals surface area contributed by atoms with Crippen LogP contribution in [-0.4, -0.2) is 11.8 Å². The highest BCUT2D eigenvalue weighted by Crippen LogP contribution is 2.39. The van der Waals surface area contributed by atoms with Gasteiger partial charge in [-0.05, 0) is 49.1 Å². The lowest BCUT2D eigenvalue weighted by molar-refractivity contribution is -0.135. The molecule has 2 aliphatic rings. The van der Waals surface area contributed by atoms with Crippen LogP contribution in [0.15, 0.2) is 42.2 Å². The van der Waals surface area contributed by atoms with Crippen molar-refractivity contribution in [2.75, 3.05) is 0 Å². The van der Waals surface area contributed by atoms with Crippen LogP contribution in [0.5, 0.6) is 11.5 Å². The molecule has 1 heterocycles. The molecule has 1 fully saturated rings. The summed E-state index contributed by atoms with van der Waals surface area (Å²) in [6.07, 6.45) is 3.38. The van der Waals surface area contributed by atoms with Crippen LogP contribution in [0.25, 0.3) is 6.08 Å². The third-order valence-electron chi connectivity index (χ3n) is 4.26. The number of esters is 1. The Bertz CT molecular complexity index is 925. The summed E-state index contributed by atoms with van der Waals surface area (Å²) in [5.41, 5.74) is 1.91. The highest BCUT2D eigenvalue weighted by Gasteiger charge is 2.33. The Hall–Kier alpha value is -2.59. The van der Waals surface area contributed by atoms with Gasteiger partial charge < -0.3 is 9.47 Å². The van der Waals surface area contributed by atoms with Gasteiger partial charge in [0.05, 0.1) is 11.5 Å². The molecular weight excluding hydrogens is 340 g/mol. The molecule has 0 aromatic heterocycles. The highest BCUT2D eigenvalue weighted by atomic mass is 35.5. The molecule has 1 aliphatic heterocycles. The minimum Gasteiger partial charge on any atom is -0.452 e. The molecular formula is C20H15ClO4. The number of rotatable bonds is 3. The number of carbonyl (C=O) groups excluding carboxylic acids is 2. The summed E-state index contributed by atoms with van der Waals surface area (Å²) in [6.45, 7) is 1.80. The van der Waals surface area contributed by atoms with Crippen LogP contribution in [0, 0.1) is 12.8 Å². The second-order valence-electron chi connectivity index (χ2n) is 6.27. The molecule has 4 rings (SSSR count). The fourth-order valence-electron chi connectivity index (χ4n) is 2.79. The fraction of sp³-hybridized carbons (Fsp3) is 0.200. The molecule has 1 saturated carbocycles. The quantitative estimate of drug-likeness (QED) is 0.460. The summed E-state index contributed by atoms with van der Waals surface area (Å²) in [6, 6.07) is 10.5. The van der Waals surface area contributed by atoms with Gasteiger partial charge in [-0.2, -0.15) is 0 Å². The Kier molecular flexibility index (Phi) is 3.85. The second-order valence-corrected chi connectivity index (χ2v) is 6.68. The second kappa shape index (κ2) is 6.05. The standard InChI is InChI=1S/C20H15ClO4/c1-11-8-14(24-20(23)12-6-7-12)10-16-18(11)19(22)17(25-16)9-13-4-2-3-5-15(13)21/h2-5,8-10,12H,6-7H2,1H3/b17-9-. The number of benzene rings is 2. The molecule has 0 bridgehead atoms. The summed E-state index contributed by atoms with van der Waals surface area (Å²) in [7, 11) is 0. The number of carbonyl (C=O) groups is 2. The zero-order valence-electron chi connectivity index (χ0n) is 13.5. The van der Waals surface area contributed by atoms with E-state index in [2.05, 4.69) is 0 Å². The van der Waals surface area contributed by atoms with Crippen molar-refractivity contribution in [2.45, 2.75) is 19.8 Å². The first kappa shape index (κ1) is 15.9.